The Kier molecular flexibility index (Phi) is 6.39. The third-order valence-electron chi connectivity index (χ3n) is 3.83. The van der Waals surface area contributed by atoms with E-state index in [0.717, 1.165) is 15.6 Å². The quantitative estimate of drug-likeness (QED) is 0.421. The van der Waals surface area contributed by atoms with Crippen LogP contribution in [0.15, 0.2) is 71.5 Å². The van der Waals surface area contributed by atoms with E-state index in [1.807, 2.05) is 35.1 Å². The number of aromatic nitrogens is 2. The van der Waals surface area contributed by atoms with E-state index >= 15 is 0 Å². The van der Waals surface area contributed by atoms with Crippen LogP contribution in [0.4, 0.5) is 0 Å². The van der Waals surface area contributed by atoms with Crippen LogP contribution in [0, 0.1) is 0 Å². The highest BCUT2D eigenvalue weighted by Gasteiger charge is 2.05. The van der Waals surface area contributed by atoms with Crippen LogP contribution in [0.3, 0.4) is 0 Å². The highest BCUT2D eigenvalue weighted by molar-refractivity contribution is 9.10. The number of aliphatic carboxylic acids is 1. The average molecular weight is 441 g/mol. The standard InChI is InChI=1S/C21H17BrN2O4/c22-18-11-23-24(13-18)12-16-6-4-15(5-7-16)8-9-20(25)17-2-1-3-19(10-17)28-14-21(26)27/h1-11,13H,12,14H2,(H,26,27)/b9-8+. The predicted octanol–water partition coefficient (Wildman–Crippen LogP) is 4.05. The van der Waals surface area contributed by atoms with Crippen molar-refractivity contribution < 1.29 is 19.4 Å². The number of carbonyl (C=O) groups excluding carboxylic acids is 1. The van der Waals surface area contributed by atoms with Gasteiger partial charge in [-0.2, -0.15) is 5.10 Å². The number of benzene rings is 2. The number of allylic oxidation sites excluding steroid dienone is 1. The van der Waals surface area contributed by atoms with Crippen LogP contribution in [0.5, 0.6) is 5.75 Å². The lowest BCUT2D eigenvalue weighted by Crippen LogP contribution is -2.09. The first-order valence-corrected chi connectivity index (χ1v) is 9.23. The summed E-state index contributed by atoms with van der Waals surface area (Å²) in [5.74, 6) is -0.914. The minimum absolute atomic E-state index is 0.189. The number of hydrogen-bond donors (Lipinski definition) is 1. The molecule has 0 amide bonds. The molecule has 0 aliphatic rings. The number of ketones is 1. The molecular formula is C21H17BrN2O4. The average Bonchev–Trinajstić information content (AvgIpc) is 3.10. The minimum atomic E-state index is -1.07. The molecule has 1 N–H and O–H groups in total. The van der Waals surface area contributed by atoms with E-state index in [1.165, 1.54) is 12.1 Å². The van der Waals surface area contributed by atoms with E-state index in [1.54, 1.807) is 30.5 Å². The van der Waals surface area contributed by atoms with Gasteiger partial charge >= 0.3 is 5.97 Å². The Labute approximate surface area is 170 Å². The van der Waals surface area contributed by atoms with E-state index < -0.39 is 12.6 Å². The van der Waals surface area contributed by atoms with Gasteiger partial charge in [0.15, 0.2) is 12.4 Å². The van der Waals surface area contributed by atoms with E-state index in [9.17, 15) is 9.59 Å². The normalized spacial score (nSPS) is 10.9. The van der Waals surface area contributed by atoms with Gasteiger partial charge in [-0.1, -0.05) is 42.5 Å². The summed E-state index contributed by atoms with van der Waals surface area (Å²) >= 11 is 3.37. The molecule has 28 heavy (non-hydrogen) atoms. The maximum Gasteiger partial charge on any atom is 0.341 e. The number of nitrogens with zero attached hydrogens (tertiary/aromatic N) is 2. The van der Waals surface area contributed by atoms with Crippen molar-refractivity contribution in [2.24, 2.45) is 0 Å². The van der Waals surface area contributed by atoms with Gasteiger partial charge in [0.05, 0.1) is 17.2 Å². The Morgan fingerprint density at radius 3 is 2.64 bits per heavy atom. The zero-order chi connectivity index (χ0) is 19.9. The maximum absolute atomic E-state index is 12.3. The fourth-order valence-corrected chi connectivity index (χ4v) is 2.83. The van der Waals surface area contributed by atoms with Crippen LogP contribution < -0.4 is 4.74 Å². The number of carbonyl (C=O) groups is 2. The second-order valence-electron chi connectivity index (χ2n) is 6.01. The summed E-state index contributed by atoms with van der Waals surface area (Å²) in [6.07, 6.45) is 6.86. The van der Waals surface area contributed by atoms with Crippen molar-refractivity contribution in [2.75, 3.05) is 6.61 Å². The summed E-state index contributed by atoms with van der Waals surface area (Å²) in [6.45, 7) is 0.215. The van der Waals surface area contributed by atoms with Gasteiger partial charge in [0, 0.05) is 11.8 Å². The molecule has 1 heterocycles. The van der Waals surface area contributed by atoms with E-state index in [0.29, 0.717) is 17.9 Å². The molecule has 0 saturated heterocycles. The van der Waals surface area contributed by atoms with Gasteiger partial charge < -0.3 is 9.84 Å². The molecular weight excluding hydrogens is 424 g/mol. The number of carboxylic acids is 1. The van der Waals surface area contributed by atoms with Gasteiger partial charge in [0.2, 0.25) is 0 Å². The Hall–Kier alpha value is -3.19. The summed E-state index contributed by atoms with van der Waals surface area (Å²) in [4.78, 5) is 22.9. The molecule has 7 heteroatoms. The molecule has 0 unspecified atom stereocenters. The van der Waals surface area contributed by atoms with Crippen molar-refractivity contribution in [1.29, 1.82) is 0 Å². The van der Waals surface area contributed by atoms with Gasteiger partial charge in [-0.05, 0) is 45.3 Å². The lowest BCUT2D eigenvalue weighted by atomic mass is 10.1. The second-order valence-corrected chi connectivity index (χ2v) is 6.92. The van der Waals surface area contributed by atoms with E-state index in [4.69, 9.17) is 9.84 Å². The highest BCUT2D eigenvalue weighted by atomic mass is 79.9. The molecule has 0 radical (unpaired) electrons. The van der Waals surface area contributed by atoms with Gasteiger partial charge in [-0.25, -0.2) is 4.79 Å². The van der Waals surface area contributed by atoms with Crippen LogP contribution in [-0.4, -0.2) is 33.2 Å². The number of hydrogen-bond acceptors (Lipinski definition) is 4. The van der Waals surface area contributed by atoms with E-state index in [2.05, 4.69) is 21.0 Å². The fraction of sp³-hybridized carbons (Fsp3) is 0.0952. The molecule has 1 aromatic heterocycles. The molecule has 3 aromatic rings. The van der Waals surface area contributed by atoms with Crippen LogP contribution in [0.2, 0.25) is 0 Å². The molecule has 0 bridgehead atoms. The van der Waals surface area contributed by atoms with Crippen molar-refractivity contribution >= 4 is 33.8 Å². The third kappa shape index (κ3) is 5.65. The Bertz CT molecular complexity index is 1010. The molecule has 0 aliphatic carbocycles. The molecule has 0 aliphatic heterocycles. The molecule has 2 aromatic carbocycles. The van der Waals surface area contributed by atoms with Gasteiger partial charge in [-0.15, -0.1) is 0 Å². The van der Waals surface area contributed by atoms with Crippen molar-refractivity contribution in [3.63, 3.8) is 0 Å². The molecule has 0 saturated carbocycles. The number of carboxylic acid groups (broad SMARTS) is 1. The summed E-state index contributed by atoms with van der Waals surface area (Å²) in [7, 11) is 0. The van der Waals surface area contributed by atoms with Gasteiger partial charge in [0.1, 0.15) is 5.75 Å². The van der Waals surface area contributed by atoms with Crippen molar-refractivity contribution in [3.8, 4) is 5.75 Å². The molecule has 0 spiro atoms. The number of ether oxygens (including phenoxy) is 1. The van der Waals surface area contributed by atoms with Crippen LogP contribution in [0.1, 0.15) is 21.5 Å². The molecule has 3 rings (SSSR count). The number of rotatable bonds is 8. The number of halogens is 1. The lowest BCUT2D eigenvalue weighted by molar-refractivity contribution is -0.139. The van der Waals surface area contributed by atoms with Crippen molar-refractivity contribution in [1.82, 2.24) is 9.78 Å². The third-order valence-corrected chi connectivity index (χ3v) is 4.24. The first kappa shape index (κ1) is 19.6. The Morgan fingerprint density at radius 1 is 1.18 bits per heavy atom. The predicted molar refractivity (Wildman–Crippen MR) is 108 cm³/mol. The summed E-state index contributed by atoms with van der Waals surface area (Å²) in [5, 5.41) is 12.9. The first-order valence-electron chi connectivity index (χ1n) is 8.43. The maximum atomic E-state index is 12.3. The van der Waals surface area contributed by atoms with Gasteiger partial charge in [0.25, 0.3) is 0 Å². The van der Waals surface area contributed by atoms with Crippen LogP contribution in [0.25, 0.3) is 6.08 Å². The zero-order valence-corrected chi connectivity index (χ0v) is 16.4. The second kappa shape index (κ2) is 9.14. The minimum Gasteiger partial charge on any atom is -0.482 e. The molecule has 0 atom stereocenters. The smallest absolute Gasteiger partial charge is 0.341 e. The fourth-order valence-electron chi connectivity index (χ4n) is 2.50. The summed E-state index contributed by atoms with van der Waals surface area (Å²) in [5.41, 5.74) is 2.43. The van der Waals surface area contributed by atoms with Crippen molar-refractivity contribution in [2.45, 2.75) is 6.54 Å². The highest BCUT2D eigenvalue weighted by Crippen LogP contribution is 2.15. The van der Waals surface area contributed by atoms with Crippen LogP contribution >= 0.6 is 15.9 Å². The van der Waals surface area contributed by atoms with Crippen molar-refractivity contribution in [3.05, 3.63) is 88.2 Å². The Morgan fingerprint density at radius 2 is 1.96 bits per heavy atom. The van der Waals surface area contributed by atoms with Gasteiger partial charge in [-0.3, -0.25) is 9.48 Å². The zero-order valence-electron chi connectivity index (χ0n) is 14.8. The monoisotopic (exact) mass is 440 g/mol. The molecule has 142 valence electrons. The topological polar surface area (TPSA) is 81.4 Å². The summed E-state index contributed by atoms with van der Waals surface area (Å²) in [6, 6.07) is 14.3. The summed E-state index contributed by atoms with van der Waals surface area (Å²) < 4.78 is 7.86. The SMILES string of the molecule is O=C(O)COc1cccc(C(=O)/C=C/c2ccc(Cn3cc(Br)cn3)cc2)c1. The van der Waals surface area contributed by atoms with E-state index in [-0.39, 0.29) is 5.78 Å². The largest absolute Gasteiger partial charge is 0.482 e. The Balaban J connectivity index is 1.62. The molecule has 6 nitrogen and oxygen atoms in total. The molecule has 0 fully saturated rings. The first-order chi connectivity index (χ1) is 13.5. The lowest BCUT2D eigenvalue weighted by Gasteiger charge is -2.04. The van der Waals surface area contributed by atoms with Crippen LogP contribution in [-0.2, 0) is 11.3 Å².